The van der Waals surface area contributed by atoms with E-state index in [0.717, 1.165) is 0 Å². The molecule has 0 fully saturated rings. The van der Waals surface area contributed by atoms with E-state index in [4.69, 9.17) is 38.9 Å². The van der Waals surface area contributed by atoms with Gasteiger partial charge in [0.05, 0.1) is 26.4 Å². The molecular formula is C23H29NO8. The van der Waals surface area contributed by atoms with E-state index in [9.17, 15) is 4.79 Å². The van der Waals surface area contributed by atoms with E-state index in [1.807, 2.05) is 48.5 Å². The summed E-state index contributed by atoms with van der Waals surface area (Å²) in [5, 5.41) is 0. The highest BCUT2D eigenvalue weighted by Crippen LogP contribution is 2.28. The summed E-state index contributed by atoms with van der Waals surface area (Å²) in [5.41, 5.74) is 5.07. The zero-order valence-electron chi connectivity index (χ0n) is 17.9. The van der Waals surface area contributed by atoms with Gasteiger partial charge in [-0.25, -0.2) is 0 Å². The first-order valence-electron chi connectivity index (χ1n) is 10.5. The molecule has 2 aromatic carbocycles. The van der Waals surface area contributed by atoms with Crippen molar-refractivity contribution in [1.82, 2.24) is 0 Å². The molecule has 0 saturated carbocycles. The highest BCUT2D eigenvalue weighted by atomic mass is 16.6. The van der Waals surface area contributed by atoms with Crippen LogP contribution in [0.1, 0.15) is 0 Å². The van der Waals surface area contributed by atoms with E-state index in [0.29, 0.717) is 49.4 Å². The van der Waals surface area contributed by atoms with Crippen molar-refractivity contribution < 1.29 is 38.0 Å². The summed E-state index contributed by atoms with van der Waals surface area (Å²) in [6.45, 7) is 2.37. The summed E-state index contributed by atoms with van der Waals surface area (Å²) < 4.78 is 40.1. The van der Waals surface area contributed by atoms with Crippen molar-refractivity contribution in [1.29, 1.82) is 0 Å². The van der Waals surface area contributed by atoms with E-state index in [-0.39, 0.29) is 33.0 Å². The lowest BCUT2D eigenvalue weighted by atomic mass is 10.3. The number of rotatable bonds is 6. The molecule has 0 radical (unpaired) electrons. The van der Waals surface area contributed by atoms with Crippen LogP contribution in [-0.4, -0.2) is 71.5 Å². The second-order valence-corrected chi connectivity index (χ2v) is 6.84. The summed E-state index contributed by atoms with van der Waals surface area (Å²) in [4.78, 5) is 10.8. The Morgan fingerprint density at radius 1 is 0.781 bits per heavy atom. The van der Waals surface area contributed by atoms with Crippen LogP contribution in [0.4, 0.5) is 0 Å². The maximum absolute atomic E-state index is 10.8. The number of ether oxygens (including phenoxy) is 7. The second-order valence-electron chi connectivity index (χ2n) is 6.84. The molecule has 0 aromatic heterocycles. The fourth-order valence-corrected chi connectivity index (χ4v) is 2.86. The number of amides is 1. The standard InChI is InChI=1S/C23H29NO8/c24-23(25)17-27-11-12-28-18-15-31-21-7-3-1-5-19(21)29-13-9-26-10-14-30-20-6-2-4-8-22(20)32-16-18/h1-8,18H,9-17H2,(H2,24,25). The lowest BCUT2D eigenvalue weighted by Gasteiger charge is -2.21. The van der Waals surface area contributed by atoms with Gasteiger partial charge in [-0.1, -0.05) is 24.3 Å². The van der Waals surface area contributed by atoms with Crippen molar-refractivity contribution in [3.8, 4) is 23.0 Å². The predicted octanol–water partition coefficient (Wildman–Crippen LogP) is 1.82. The number of fused-ring (bicyclic) bond motifs is 2. The SMILES string of the molecule is NC(=O)COCCOC1COc2ccccc2OCCOCCOc2ccccc2OC1. The Hall–Kier alpha value is -3.01. The number of nitrogens with two attached hydrogens (primary N) is 1. The van der Waals surface area contributed by atoms with E-state index in [1.54, 1.807) is 0 Å². The molecular weight excluding hydrogens is 418 g/mol. The van der Waals surface area contributed by atoms with Gasteiger partial charge in [-0.05, 0) is 24.3 Å². The third-order valence-corrected chi connectivity index (χ3v) is 4.34. The topological polar surface area (TPSA) is 108 Å². The monoisotopic (exact) mass is 447 g/mol. The molecule has 0 aliphatic carbocycles. The minimum Gasteiger partial charge on any atom is -0.487 e. The molecule has 2 N–H and O–H groups in total. The molecule has 1 heterocycles. The van der Waals surface area contributed by atoms with Crippen molar-refractivity contribution in [2.45, 2.75) is 6.10 Å². The highest BCUT2D eigenvalue weighted by molar-refractivity contribution is 5.74. The Balaban J connectivity index is 1.66. The van der Waals surface area contributed by atoms with E-state index >= 15 is 0 Å². The van der Waals surface area contributed by atoms with Gasteiger partial charge in [-0.3, -0.25) is 4.79 Å². The van der Waals surface area contributed by atoms with Crippen molar-refractivity contribution in [2.75, 3.05) is 59.5 Å². The molecule has 0 saturated heterocycles. The summed E-state index contributed by atoms with van der Waals surface area (Å²) >= 11 is 0. The second kappa shape index (κ2) is 13.4. The maximum Gasteiger partial charge on any atom is 0.243 e. The van der Waals surface area contributed by atoms with Crippen molar-refractivity contribution in [3.63, 3.8) is 0 Å². The molecule has 32 heavy (non-hydrogen) atoms. The van der Waals surface area contributed by atoms with Crippen molar-refractivity contribution >= 4 is 5.91 Å². The van der Waals surface area contributed by atoms with E-state index in [2.05, 4.69) is 0 Å². The molecule has 1 aliphatic heterocycles. The molecule has 0 unspecified atom stereocenters. The van der Waals surface area contributed by atoms with Gasteiger partial charge in [0.2, 0.25) is 5.91 Å². The number of carbonyl (C=O) groups is 1. The first-order valence-corrected chi connectivity index (χ1v) is 10.5. The van der Waals surface area contributed by atoms with Crippen LogP contribution in [0.2, 0.25) is 0 Å². The van der Waals surface area contributed by atoms with Gasteiger partial charge in [-0.2, -0.15) is 0 Å². The zero-order chi connectivity index (χ0) is 22.4. The van der Waals surface area contributed by atoms with Crippen LogP contribution in [0, 0.1) is 0 Å². The van der Waals surface area contributed by atoms with Gasteiger partial charge in [0.25, 0.3) is 0 Å². The summed E-state index contributed by atoms with van der Waals surface area (Å²) in [6.07, 6.45) is -0.412. The van der Waals surface area contributed by atoms with Gasteiger partial charge in [0.1, 0.15) is 39.1 Å². The average molecular weight is 447 g/mol. The third-order valence-electron chi connectivity index (χ3n) is 4.34. The van der Waals surface area contributed by atoms with Crippen molar-refractivity contribution in [3.05, 3.63) is 48.5 Å². The molecule has 0 bridgehead atoms. The number of para-hydroxylation sites is 4. The number of hydrogen-bond donors (Lipinski definition) is 1. The fraction of sp³-hybridized carbons (Fsp3) is 0.435. The molecule has 0 spiro atoms. The van der Waals surface area contributed by atoms with Gasteiger partial charge in [0.15, 0.2) is 23.0 Å². The predicted molar refractivity (Wildman–Crippen MR) is 115 cm³/mol. The van der Waals surface area contributed by atoms with Gasteiger partial charge < -0.3 is 38.9 Å². The van der Waals surface area contributed by atoms with Gasteiger partial charge in [0, 0.05) is 0 Å². The number of benzene rings is 2. The van der Waals surface area contributed by atoms with Gasteiger partial charge >= 0.3 is 0 Å². The Morgan fingerprint density at radius 3 is 1.78 bits per heavy atom. The summed E-state index contributed by atoms with van der Waals surface area (Å²) in [7, 11) is 0. The van der Waals surface area contributed by atoms with Crippen molar-refractivity contribution in [2.24, 2.45) is 5.73 Å². The maximum atomic E-state index is 10.8. The molecule has 2 aromatic rings. The van der Waals surface area contributed by atoms with E-state index < -0.39 is 12.0 Å². The normalized spacial score (nSPS) is 15.8. The fourth-order valence-electron chi connectivity index (χ4n) is 2.86. The van der Waals surface area contributed by atoms with Crippen LogP contribution in [0.3, 0.4) is 0 Å². The zero-order valence-corrected chi connectivity index (χ0v) is 17.9. The van der Waals surface area contributed by atoms with E-state index in [1.165, 1.54) is 0 Å². The Labute approximate surface area is 187 Å². The third kappa shape index (κ3) is 8.26. The van der Waals surface area contributed by atoms with Crippen LogP contribution < -0.4 is 24.7 Å². The molecule has 1 amide bonds. The van der Waals surface area contributed by atoms with Crippen LogP contribution in [-0.2, 0) is 19.0 Å². The largest absolute Gasteiger partial charge is 0.487 e. The Kier molecular flexibility index (Phi) is 9.91. The van der Waals surface area contributed by atoms with Crippen LogP contribution in [0.5, 0.6) is 23.0 Å². The minimum absolute atomic E-state index is 0.153. The van der Waals surface area contributed by atoms with Crippen LogP contribution >= 0.6 is 0 Å². The molecule has 9 nitrogen and oxygen atoms in total. The molecule has 1 aliphatic rings. The highest BCUT2D eigenvalue weighted by Gasteiger charge is 2.16. The van der Waals surface area contributed by atoms with Crippen LogP contribution in [0.25, 0.3) is 0 Å². The summed E-state index contributed by atoms with van der Waals surface area (Å²) in [5.74, 6) is 1.91. The lowest BCUT2D eigenvalue weighted by molar-refractivity contribution is -0.123. The number of hydrogen-bond acceptors (Lipinski definition) is 8. The lowest BCUT2D eigenvalue weighted by Crippen LogP contribution is -2.30. The first kappa shape index (κ1) is 23.6. The van der Waals surface area contributed by atoms with Crippen LogP contribution in [0.15, 0.2) is 48.5 Å². The summed E-state index contributed by atoms with van der Waals surface area (Å²) in [6, 6.07) is 14.8. The smallest absolute Gasteiger partial charge is 0.243 e. The molecule has 174 valence electrons. The van der Waals surface area contributed by atoms with Gasteiger partial charge in [-0.15, -0.1) is 0 Å². The first-order chi connectivity index (χ1) is 15.7. The Morgan fingerprint density at radius 2 is 1.28 bits per heavy atom. The number of primary amides is 1. The molecule has 0 atom stereocenters. The molecule has 3 rings (SSSR count). The minimum atomic E-state index is -0.528. The number of carbonyl (C=O) groups excluding carboxylic acids is 1. The Bertz CT molecular complexity index is 776. The molecule has 9 heteroatoms. The average Bonchev–Trinajstić information content (AvgIpc) is 2.80. The quantitative estimate of drug-likeness (QED) is 0.668.